The van der Waals surface area contributed by atoms with E-state index >= 15 is 0 Å². The minimum absolute atomic E-state index is 0.157. The van der Waals surface area contributed by atoms with Gasteiger partial charge in [-0.25, -0.2) is 9.18 Å². The molecule has 3 N–H and O–H groups in total. The van der Waals surface area contributed by atoms with E-state index < -0.39 is 11.8 Å². The molecule has 0 bridgehead atoms. The summed E-state index contributed by atoms with van der Waals surface area (Å²) in [6.07, 6.45) is 0. The quantitative estimate of drug-likeness (QED) is 0.556. The smallest absolute Gasteiger partial charge is 0.342 e. The molecule has 0 radical (unpaired) electrons. The highest BCUT2D eigenvalue weighted by Crippen LogP contribution is 2.23. The molecule has 0 saturated heterocycles. The monoisotopic (exact) mass is 199 g/mol. The molecule has 14 heavy (non-hydrogen) atoms. The molecule has 0 unspecified atom stereocenters. The van der Waals surface area contributed by atoms with Crippen molar-refractivity contribution >= 4 is 11.7 Å². The summed E-state index contributed by atoms with van der Waals surface area (Å²) in [6.45, 7) is 1.77. The molecule has 0 aromatic heterocycles. The molecule has 4 nitrogen and oxygen atoms in total. The van der Waals surface area contributed by atoms with E-state index in [4.69, 9.17) is 5.73 Å². The number of anilines is 1. The third kappa shape index (κ3) is 1.93. The average Bonchev–Trinajstić information content (AvgIpc) is 2.11. The summed E-state index contributed by atoms with van der Waals surface area (Å²) in [4.78, 5) is 11.1. The number of benzene rings is 1. The minimum Gasteiger partial charge on any atom is -0.507 e. The fourth-order valence-corrected chi connectivity index (χ4v) is 0.950. The summed E-state index contributed by atoms with van der Waals surface area (Å²) in [6, 6.07) is 1.82. The standard InChI is InChI=1S/C9H10FNO3/c1-2-14-9(13)5-3-6(10)7(11)4-8(5)12/h3-4,12H,2,11H2,1H3. The van der Waals surface area contributed by atoms with E-state index in [0.29, 0.717) is 0 Å². The van der Waals surface area contributed by atoms with Gasteiger partial charge in [0.1, 0.15) is 17.1 Å². The molecule has 0 spiro atoms. The van der Waals surface area contributed by atoms with Crippen LogP contribution >= 0.6 is 0 Å². The number of nitrogen functional groups attached to an aromatic ring is 1. The maximum atomic E-state index is 12.9. The lowest BCUT2D eigenvalue weighted by Crippen LogP contribution is -2.06. The van der Waals surface area contributed by atoms with Gasteiger partial charge in [-0.2, -0.15) is 0 Å². The SMILES string of the molecule is CCOC(=O)c1cc(F)c(N)cc1O. The van der Waals surface area contributed by atoms with Crippen LogP contribution in [0.3, 0.4) is 0 Å². The Morgan fingerprint density at radius 2 is 2.29 bits per heavy atom. The van der Waals surface area contributed by atoms with Gasteiger partial charge in [-0.05, 0) is 13.0 Å². The topological polar surface area (TPSA) is 72.5 Å². The second kappa shape index (κ2) is 3.95. The van der Waals surface area contributed by atoms with Gasteiger partial charge in [-0.3, -0.25) is 0 Å². The molecule has 0 heterocycles. The number of carbonyl (C=O) groups excluding carboxylic acids is 1. The highest BCUT2D eigenvalue weighted by Gasteiger charge is 2.14. The summed E-state index contributed by atoms with van der Waals surface area (Å²) < 4.78 is 17.5. The number of halogens is 1. The first-order valence-electron chi connectivity index (χ1n) is 4.01. The van der Waals surface area contributed by atoms with E-state index in [1.54, 1.807) is 6.92 Å². The van der Waals surface area contributed by atoms with Crippen molar-refractivity contribution in [2.24, 2.45) is 0 Å². The Kier molecular flexibility index (Phi) is 2.91. The Balaban J connectivity index is 3.09. The molecule has 0 aliphatic carbocycles. The van der Waals surface area contributed by atoms with Crippen LogP contribution in [0.5, 0.6) is 5.75 Å². The van der Waals surface area contributed by atoms with Gasteiger partial charge in [0.15, 0.2) is 0 Å². The van der Waals surface area contributed by atoms with Gasteiger partial charge in [0, 0.05) is 6.07 Å². The van der Waals surface area contributed by atoms with E-state index in [-0.39, 0.29) is 23.6 Å². The average molecular weight is 199 g/mol. The first kappa shape index (κ1) is 10.3. The fraction of sp³-hybridized carbons (Fsp3) is 0.222. The Labute approximate surface area is 80.1 Å². The Morgan fingerprint density at radius 3 is 2.86 bits per heavy atom. The molecule has 1 aromatic rings. The molecule has 76 valence electrons. The highest BCUT2D eigenvalue weighted by atomic mass is 19.1. The van der Waals surface area contributed by atoms with Crippen LogP contribution in [-0.2, 0) is 4.74 Å². The second-order valence-electron chi connectivity index (χ2n) is 2.61. The molecule has 1 rings (SSSR count). The number of hydrogen-bond donors (Lipinski definition) is 2. The predicted molar refractivity (Wildman–Crippen MR) is 48.4 cm³/mol. The van der Waals surface area contributed by atoms with Crippen LogP contribution in [0.4, 0.5) is 10.1 Å². The van der Waals surface area contributed by atoms with Gasteiger partial charge in [-0.15, -0.1) is 0 Å². The summed E-state index contributed by atoms with van der Waals surface area (Å²) in [7, 11) is 0. The van der Waals surface area contributed by atoms with Crippen LogP contribution in [0, 0.1) is 5.82 Å². The lowest BCUT2D eigenvalue weighted by Gasteiger charge is -2.05. The molecule has 1 aromatic carbocycles. The molecule has 0 aliphatic heterocycles. The Bertz CT molecular complexity index is 365. The van der Waals surface area contributed by atoms with Gasteiger partial charge >= 0.3 is 5.97 Å². The minimum atomic E-state index is -0.774. The third-order valence-corrected chi connectivity index (χ3v) is 1.61. The van der Waals surface area contributed by atoms with Crippen LogP contribution in [0.2, 0.25) is 0 Å². The molecule has 0 atom stereocenters. The highest BCUT2D eigenvalue weighted by molar-refractivity contribution is 5.93. The van der Waals surface area contributed by atoms with Gasteiger partial charge in [0.2, 0.25) is 0 Å². The molecular formula is C9H10FNO3. The van der Waals surface area contributed by atoms with Crippen molar-refractivity contribution in [3.63, 3.8) is 0 Å². The number of hydrogen-bond acceptors (Lipinski definition) is 4. The molecule has 5 heteroatoms. The van der Waals surface area contributed by atoms with Crippen LogP contribution in [0.25, 0.3) is 0 Å². The number of phenolic OH excluding ortho intramolecular Hbond substituents is 1. The van der Waals surface area contributed by atoms with Crippen molar-refractivity contribution in [3.8, 4) is 5.75 Å². The van der Waals surface area contributed by atoms with Crippen molar-refractivity contribution in [2.75, 3.05) is 12.3 Å². The summed E-state index contributed by atoms with van der Waals surface area (Å²) in [5.41, 5.74) is 4.74. The van der Waals surface area contributed by atoms with Crippen molar-refractivity contribution in [2.45, 2.75) is 6.92 Å². The van der Waals surface area contributed by atoms with Crippen LogP contribution in [-0.4, -0.2) is 17.7 Å². The van der Waals surface area contributed by atoms with Crippen LogP contribution < -0.4 is 5.73 Å². The molecule has 0 fully saturated rings. The van der Waals surface area contributed by atoms with Gasteiger partial charge < -0.3 is 15.6 Å². The largest absolute Gasteiger partial charge is 0.507 e. The van der Waals surface area contributed by atoms with E-state index in [0.717, 1.165) is 12.1 Å². The summed E-state index contributed by atoms with van der Waals surface area (Å²) in [5.74, 6) is -1.92. The maximum absolute atomic E-state index is 12.9. The Hall–Kier alpha value is -1.78. The first-order chi connectivity index (χ1) is 6.56. The number of carbonyl (C=O) groups is 1. The molecular weight excluding hydrogens is 189 g/mol. The Morgan fingerprint density at radius 1 is 1.64 bits per heavy atom. The lowest BCUT2D eigenvalue weighted by atomic mass is 10.2. The van der Waals surface area contributed by atoms with E-state index in [1.807, 2.05) is 0 Å². The van der Waals surface area contributed by atoms with Crippen molar-refractivity contribution < 1.29 is 19.0 Å². The van der Waals surface area contributed by atoms with Crippen LogP contribution in [0.1, 0.15) is 17.3 Å². The zero-order valence-electron chi connectivity index (χ0n) is 7.58. The summed E-state index contributed by atoms with van der Waals surface area (Å²) >= 11 is 0. The van der Waals surface area contributed by atoms with E-state index in [9.17, 15) is 14.3 Å². The summed E-state index contributed by atoms with van der Waals surface area (Å²) in [5, 5.41) is 9.27. The lowest BCUT2D eigenvalue weighted by molar-refractivity contribution is 0.0522. The van der Waals surface area contributed by atoms with Crippen molar-refractivity contribution in [3.05, 3.63) is 23.5 Å². The first-order valence-corrected chi connectivity index (χ1v) is 4.01. The molecule has 0 amide bonds. The van der Waals surface area contributed by atoms with Crippen LogP contribution in [0.15, 0.2) is 12.1 Å². The van der Waals surface area contributed by atoms with Crippen molar-refractivity contribution in [1.29, 1.82) is 0 Å². The van der Waals surface area contributed by atoms with E-state index in [2.05, 4.69) is 4.74 Å². The number of ether oxygens (including phenoxy) is 1. The molecule has 0 saturated carbocycles. The van der Waals surface area contributed by atoms with Gasteiger partial charge in [-0.1, -0.05) is 0 Å². The normalized spacial score (nSPS) is 9.86. The number of nitrogens with two attached hydrogens (primary N) is 1. The number of aromatic hydroxyl groups is 1. The van der Waals surface area contributed by atoms with E-state index in [1.165, 1.54) is 0 Å². The van der Waals surface area contributed by atoms with Gasteiger partial charge in [0.25, 0.3) is 0 Å². The van der Waals surface area contributed by atoms with Gasteiger partial charge in [0.05, 0.1) is 12.3 Å². The predicted octanol–water partition coefficient (Wildman–Crippen LogP) is 1.29. The van der Waals surface area contributed by atoms with Crippen molar-refractivity contribution in [1.82, 2.24) is 0 Å². The number of rotatable bonds is 2. The fourth-order valence-electron chi connectivity index (χ4n) is 0.950. The maximum Gasteiger partial charge on any atom is 0.342 e. The second-order valence-corrected chi connectivity index (χ2v) is 2.61. The third-order valence-electron chi connectivity index (χ3n) is 1.61. The number of phenols is 1. The zero-order valence-corrected chi connectivity index (χ0v) is 7.58. The molecule has 0 aliphatic rings. The zero-order chi connectivity index (χ0) is 10.7. The number of esters is 1.